The normalized spacial score (nSPS) is 25.5. The fraction of sp³-hybridized carbons (Fsp3) is 0.600. The van der Waals surface area contributed by atoms with E-state index >= 15 is 0 Å². The molecule has 2 aromatic rings. The predicted octanol–water partition coefficient (Wildman–Crippen LogP) is 5.04. The molecule has 0 spiro atoms. The van der Waals surface area contributed by atoms with Crippen LogP contribution < -0.4 is 0 Å². The first-order valence-electron chi connectivity index (χ1n) is 9.29. The minimum absolute atomic E-state index is 0.744. The van der Waals surface area contributed by atoms with Gasteiger partial charge in [-0.2, -0.15) is 11.8 Å². The van der Waals surface area contributed by atoms with Crippen LogP contribution in [0.4, 0.5) is 0 Å². The molecule has 2 nitrogen and oxygen atoms in total. The minimum atomic E-state index is 0.744. The Labute approximate surface area is 154 Å². The van der Waals surface area contributed by atoms with Crippen LogP contribution in [0.25, 0.3) is 10.9 Å². The second kappa shape index (κ2) is 7.76. The number of aromatic nitrogens is 1. The Morgan fingerprint density at radius 2 is 2.25 bits per heavy atom. The highest BCUT2D eigenvalue weighted by molar-refractivity contribution is 7.99. The van der Waals surface area contributed by atoms with Gasteiger partial charge >= 0.3 is 0 Å². The molecule has 0 radical (unpaired) electrons. The van der Waals surface area contributed by atoms with Gasteiger partial charge in [-0.3, -0.25) is 4.90 Å². The Bertz CT molecular complexity index is 675. The number of benzene rings is 1. The molecule has 0 bridgehead atoms. The number of hydrogen-bond acceptors (Lipinski definition) is 3. The fourth-order valence-electron chi connectivity index (χ4n) is 4.36. The van der Waals surface area contributed by atoms with Crippen molar-refractivity contribution in [2.75, 3.05) is 30.9 Å². The summed E-state index contributed by atoms with van der Waals surface area (Å²) in [6, 6.07) is 7.56. The van der Waals surface area contributed by atoms with Gasteiger partial charge in [0.1, 0.15) is 0 Å². The Morgan fingerprint density at radius 3 is 3.08 bits per heavy atom. The first-order chi connectivity index (χ1) is 11.8. The number of hydrogen-bond donors (Lipinski definition) is 1. The van der Waals surface area contributed by atoms with Crippen molar-refractivity contribution < 1.29 is 0 Å². The molecule has 1 aromatic heterocycles. The summed E-state index contributed by atoms with van der Waals surface area (Å²) in [4.78, 5) is 7.64. The van der Waals surface area contributed by atoms with Gasteiger partial charge in [-0.25, -0.2) is 0 Å². The summed E-state index contributed by atoms with van der Waals surface area (Å²) in [5.41, 5.74) is 2.80. The number of rotatable bonds is 5. The topological polar surface area (TPSA) is 19.0 Å². The van der Waals surface area contributed by atoms with Gasteiger partial charge < -0.3 is 4.98 Å². The average Bonchev–Trinajstić information content (AvgIpc) is 3.23. The smallest absolute Gasteiger partial charge is 0.0457 e. The van der Waals surface area contributed by atoms with E-state index in [1.807, 2.05) is 11.8 Å². The molecular weight excluding hydrogens is 332 g/mol. The molecule has 4 rings (SSSR count). The quantitative estimate of drug-likeness (QED) is 0.754. The zero-order valence-corrected chi connectivity index (χ0v) is 16.2. The molecule has 1 aromatic carbocycles. The zero-order valence-electron chi connectivity index (χ0n) is 14.6. The summed E-state index contributed by atoms with van der Waals surface area (Å²) in [5, 5.41) is 1.43. The van der Waals surface area contributed by atoms with Gasteiger partial charge in [0.25, 0.3) is 0 Å². The highest BCUT2D eigenvalue weighted by Gasteiger charge is 2.28. The third-order valence-corrected chi connectivity index (χ3v) is 7.69. The molecule has 2 saturated heterocycles. The van der Waals surface area contributed by atoms with Crippen LogP contribution >= 0.6 is 23.5 Å². The summed E-state index contributed by atoms with van der Waals surface area (Å²) in [7, 11) is 0. The summed E-state index contributed by atoms with van der Waals surface area (Å²) in [6.45, 7) is 2.64. The van der Waals surface area contributed by atoms with Crippen molar-refractivity contribution >= 4 is 34.4 Å². The Morgan fingerprint density at radius 1 is 1.29 bits per heavy atom. The van der Waals surface area contributed by atoms with Crippen molar-refractivity contribution in [1.29, 1.82) is 0 Å². The number of thioether (sulfide) groups is 2. The zero-order chi connectivity index (χ0) is 16.4. The SMILES string of the molecule is CSc1ccc2[nH]cc(C[C@H]3CCCN3C[C@H]3CCCSC3)c2c1. The van der Waals surface area contributed by atoms with E-state index in [4.69, 9.17) is 0 Å². The highest BCUT2D eigenvalue weighted by Crippen LogP contribution is 2.30. The predicted molar refractivity (Wildman–Crippen MR) is 108 cm³/mol. The lowest BCUT2D eigenvalue weighted by atomic mass is 10.0. The second-order valence-corrected chi connectivity index (χ2v) is 9.33. The lowest BCUT2D eigenvalue weighted by Crippen LogP contribution is -2.36. The van der Waals surface area contributed by atoms with E-state index in [1.54, 1.807) is 0 Å². The third kappa shape index (κ3) is 3.66. The van der Waals surface area contributed by atoms with E-state index in [0.717, 1.165) is 12.0 Å². The summed E-state index contributed by atoms with van der Waals surface area (Å²) in [6.07, 6.45) is 11.2. The van der Waals surface area contributed by atoms with Crippen molar-refractivity contribution in [2.24, 2.45) is 5.92 Å². The Hall–Kier alpha value is -0.580. The maximum absolute atomic E-state index is 3.48. The molecular formula is C20H28N2S2. The summed E-state index contributed by atoms with van der Waals surface area (Å²) in [5.74, 6) is 3.69. The van der Waals surface area contributed by atoms with E-state index in [9.17, 15) is 0 Å². The van der Waals surface area contributed by atoms with Crippen LogP contribution in [0.2, 0.25) is 0 Å². The van der Waals surface area contributed by atoms with E-state index in [-0.39, 0.29) is 0 Å². The Kier molecular flexibility index (Phi) is 5.45. The monoisotopic (exact) mass is 360 g/mol. The van der Waals surface area contributed by atoms with Crippen LogP contribution in [0.3, 0.4) is 0 Å². The molecule has 2 aliphatic rings. The van der Waals surface area contributed by atoms with E-state index < -0.39 is 0 Å². The van der Waals surface area contributed by atoms with E-state index in [1.165, 1.54) is 78.1 Å². The van der Waals surface area contributed by atoms with E-state index in [2.05, 4.69) is 52.3 Å². The van der Waals surface area contributed by atoms with Gasteiger partial charge in [-0.15, -0.1) is 11.8 Å². The molecule has 0 aliphatic carbocycles. The van der Waals surface area contributed by atoms with Gasteiger partial charge in [0.15, 0.2) is 0 Å². The second-order valence-electron chi connectivity index (χ2n) is 7.30. The molecule has 4 heteroatoms. The van der Waals surface area contributed by atoms with Gasteiger partial charge in [0.2, 0.25) is 0 Å². The molecule has 0 saturated carbocycles. The number of nitrogens with zero attached hydrogens (tertiary/aromatic N) is 1. The lowest BCUT2D eigenvalue weighted by molar-refractivity contribution is 0.215. The summed E-state index contributed by atoms with van der Waals surface area (Å²) >= 11 is 4.00. The van der Waals surface area contributed by atoms with Gasteiger partial charge in [0.05, 0.1) is 0 Å². The van der Waals surface area contributed by atoms with Crippen LogP contribution in [-0.4, -0.2) is 46.8 Å². The Balaban J connectivity index is 1.47. The summed E-state index contributed by atoms with van der Waals surface area (Å²) < 4.78 is 0. The first kappa shape index (κ1) is 16.9. The maximum atomic E-state index is 3.48. The van der Waals surface area contributed by atoms with Gasteiger partial charge in [-0.1, -0.05) is 0 Å². The molecule has 1 N–H and O–H groups in total. The van der Waals surface area contributed by atoms with Crippen molar-refractivity contribution in [2.45, 2.75) is 43.0 Å². The largest absolute Gasteiger partial charge is 0.361 e. The molecule has 2 fully saturated rings. The molecule has 2 aliphatic heterocycles. The van der Waals surface area contributed by atoms with Crippen LogP contribution in [0.5, 0.6) is 0 Å². The molecule has 0 unspecified atom stereocenters. The number of likely N-dealkylation sites (tertiary alicyclic amines) is 1. The standard InChI is InChI=1S/C20H28N2S2/c1-23-18-6-7-20-19(11-18)16(12-21-20)10-17-5-2-8-22(17)13-15-4-3-9-24-14-15/h6-7,11-12,15,17,21H,2-5,8-10,13-14H2,1H3/t15-,17-/m1/s1. The van der Waals surface area contributed by atoms with Crippen molar-refractivity contribution in [1.82, 2.24) is 9.88 Å². The number of H-pyrrole nitrogens is 1. The average molecular weight is 361 g/mol. The van der Waals surface area contributed by atoms with Crippen LogP contribution in [0.15, 0.2) is 29.3 Å². The number of aromatic amines is 1. The number of nitrogens with one attached hydrogen (secondary N) is 1. The highest BCUT2D eigenvalue weighted by atomic mass is 32.2. The first-order valence-corrected chi connectivity index (χ1v) is 11.7. The van der Waals surface area contributed by atoms with Crippen molar-refractivity contribution in [3.05, 3.63) is 30.0 Å². The van der Waals surface area contributed by atoms with Crippen LogP contribution in [-0.2, 0) is 6.42 Å². The third-order valence-electron chi connectivity index (χ3n) is 5.68. The van der Waals surface area contributed by atoms with Gasteiger partial charge in [0, 0.05) is 34.6 Å². The minimum Gasteiger partial charge on any atom is -0.361 e. The molecule has 130 valence electrons. The van der Waals surface area contributed by atoms with Crippen molar-refractivity contribution in [3.63, 3.8) is 0 Å². The fourth-order valence-corrected chi connectivity index (χ4v) is 5.94. The number of fused-ring (bicyclic) bond motifs is 1. The van der Waals surface area contributed by atoms with Gasteiger partial charge in [-0.05, 0) is 86.1 Å². The van der Waals surface area contributed by atoms with Crippen LogP contribution in [0.1, 0.15) is 31.2 Å². The van der Waals surface area contributed by atoms with E-state index in [0.29, 0.717) is 0 Å². The lowest BCUT2D eigenvalue weighted by Gasteiger charge is -2.30. The maximum Gasteiger partial charge on any atom is 0.0457 e. The van der Waals surface area contributed by atoms with Crippen molar-refractivity contribution in [3.8, 4) is 0 Å². The van der Waals surface area contributed by atoms with Crippen LogP contribution in [0, 0.1) is 5.92 Å². The molecule has 2 atom stereocenters. The molecule has 0 amide bonds. The molecule has 3 heterocycles. The molecule has 24 heavy (non-hydrogen) atoms.